The molecule has 1 aromatic carbocycles. The van der Waals surface area contributed by atoms with Crippen LogP contribution in [-0.2, 0) is 4.74 Å². The van der Waals surface area contributed by atoms with E-state index in [2.05, 4.69) is 4.74 Å². The molecule has 1 aromatic heterocycles. The zero-order valence-electron chi connectivity index (χ0n) is 9.87. The Hall–Kier alpha value is -2.10. The lowest BCUT2D eigenvalue weighted by molar-refractivity contribution is 0.0600. The van der Waals surface area contributed by atoms with Crippen LogP contribution in [0.4, 0.5) is 0 Å². The highest BCUT2D eigenvalue weighted by atomic mass is 16.5. The number of hydrogen-bond donors (Lipinski definition) is 0. The highest BCUT2D eigenvalue weighted by molar-refractivity contribution is 6.08. The minimum Gasteiger partial charge on any atom is -0.465 e. The average molecular weight is 232 g/mol. The molecule has 4 nitrogen and oxygen atoms in total. The van der Waals surface area contributed by atoms with Gasteiger partial charge in [-0.15, -0.1) is 0 Å². The summed E-state index contributed by atoms with van der Waals surface area (Å²) in [6.45, 7) is 3.21. The maximum Gasteiger partial charge on any atom is 0.337 e. The van der Waals surface area contributed by atoms with Gasteiger partial charge in [-0.25, -0.2) is 4.79 Å². The number of carbonyl (C=O) groups is 2. The van der Waals surface area contributed by atoms with Gasteiger partial charge in [-0.3, -0.25) is 4.79 Å². The molecule has 0 amide bonds. The Bertz CT molecular complexity index is 607. The number of hydrogen-bond acceptors (Lipinski definition) is 4. The second-order valence-electron chi connectivity index (χ2n) is 3.79. The molecule has 88 valence electrons. The van der Waals surface area contributed by atoms with Crippen molar-refractivity contribution in [1.82, 2.24) is 0 Å². The van der Waals surface area contributed by atoms with E-state index in [1.54, 1.807) is 25.1 Å². The van der Waals surface area contributed by atoms with Gasteiger partial charge in [0, 0.05) is 5.39 Å². The fraction of sp³-hybridized carbons (Fsp3) is 0.231. The predicted octanol–water partition coefficient (Wildman–Crippen LogP) is 2.73. The molecule has 4 heteroatoms. The summed E-state index contributed by atoms with van der Waals surface area (Å²) in [4.78, 5) is 22.9. The van der Waals surface area contributed by atoms with Gasteiger partial charge in [0.25, 0.3) is 0 Å². The summed E-state index contributed by atoms with van der Waals surface area (Å²) in [6, 6.07) is 4.90. The van der Waals surface area contributed by atoms with Crippen molar-refractivity contribution in [2.24, 2.45) is 0 Å². The van der Waals surface area contributed by atoms with Gasteiger partial charge < -0.3 is 9.15 Å². The van der Waals surface area contributed by atoms with Gasteiger partial charge in [0.15, 0.2) is 5.78 Å². The van der Waals surface area contributed by atoms with Gasteiger partial charge in [-0.05, 0) is 32.0 Å². The quantitative estimate of drug-likeness (QED) is 0.590. The van der Waals surface area contributed by atoms with E-state index in [9.17, 15) is 9.59 Å². The van der Waals surface area contributed by atoms with Crippen molar-refractivity contribution in [1.29, 1.82) is 0 Å². The summed E-state index contributed by atoms with van der Waals surface area (Å²) < 4.78 is 10.1. The van der Waals surface area contributed by atoms with Crippen LogP contribution in [-0.4, -0.2) is 18.9 Å². The van der Waals surface area contributed by atoms with Gasteiger partial charge in [-0.1, -0.05) is 0 Å². The van der Waals surface area contributed by atoms with Crippen LogP contribution in [0.3, 0.4) is 0 Å². The lowest BCUT2D eigenvalue weighted by Gasteiger charge is -1.99. The van der Waals surface area contributed by atoms with Crippen LogP contribution in [0.2, 0.25) is 0 Å². The lowest BCUT2D eigenvalue weighted by atomic mass is 10.1. The molecule has 1 heterocycles. The number of rotatable bonds is 2. The third-order valence-corrected chi connectivity index (χ3v) is 2.64. The normalized spacial score (nSPS) is 10.5. The van der Waals surface area contributed by atoms with Gasteiger partial charge in [0.05, 0.1) is 18.2 Å². The Labute approximate surface area is 98.2 Å². The molecule has 0 atom stereocenters. The van der Waals surface area contributed by atoms with E-state index in [1.165, 1.54) is 14.0 Å². The average Bonchev–Trinajstić information content (AvgIpc) is 2.62. The molecular weight excluding hydrogens is 220 g/mol. The summed E-state index contributed by atoms with van der Waals surface area (Å²) in [5, 5.41) is 0.651. The molecule has 0 bridgehead atoms. The number of aryl methyl sites for hydroxylation is 1. The number of methoxy groups -OCH3 is 1. The Morgan fingerprint density at radius 2 is 2.00 bits per heavy atom. The topological polar surface area (TPSA) is 56.5 Å². The highest BCUT2D eigenvalue weighted by Crippen LogP contribution is 2.27. The van der Waals surface area contributed by atoms with Crippen LogP contribution in [0, 0.1) is 6.92 Å². The van der Waals surface area contributed by atoms with E-state index in [1.807, 2.05) is 0 Å². The number of esters is 1. The molecule has 0 N–H and O–H groups in total. The summed E-state index contributed by atoms with van der Waals surface area (Å²) in [5.41, 5.74) is 1.52. The van der Waals surface area contributed by atoms with Crippen LogP contribution in [0.15, 0.2) is 22.6 Å². The van der Waals surface area contributed by atoms with Crippen LogP contribution in [0.5, 0.6) is 0 Å². The van der Waals surface area contributed by atoms with Crippen molar-refractivity contribution in [3.63, 3.8) is 0 Å². The number of Topliss-reactive ketones (excluding diaryl/α,β-unsaturated/α-hetero) is 1. The summed E-state index contributed by atoms with van der Waals surface area (Å²) in [6.07, 6.45) is 0. The van der Waals surface area contributed by atoms with Crippen LogP contribution >= 0.6 is 0 Å². The minimum absolute atomic E-state index is 0.0803. The highest BCUT2D eigenvalue weighted by Gasteiger charge is 2.16. The molecule has 0 radical (unpaired) electrons. The first-order valence-corrected chi connectivity index (χ1v) is 5.17. The van der Waals surface area contributed by atoms with Crippen LogP contribution < -0.4 is 0 Å². The summed E-state index contributed by atoms with van der Waals surface area (Å²) >= 11 is 0. The number of ether oxygens (including phenoxy) is 1. The Balaban J connectivity index is 2.70. The zero-order chi connectivity index (χ0) is 12.6. The van der Waals surface area contributed by atoms with E-state index in [0.717, 1.165) is 0 Å². The van der Waals surface area contributed by atoms with E-state index in [0.29, 0.717) is 27.9 Å². The molecule has 0 fully saturated rings. The van der Waals surface area contributed by atoms with Crippen molar-refractivity contribution in [3.05, 3.63) is 35.1 Å². The van der Waals surface area contributed by atoms with Gasteiger partial charge >= 0.3 is 5.97 Å². The molecule has 0 unspecified atom stereocenters. The van der Waals surface area contributed by atoms with Gasteiger partial charge in [0.2, 0.25) is 0 Å². The fourth-order valence-electron chi connectivity index (χ4n) is 1.90. The minimum atomic E-state index is -0.430. The smallest absolute Gasteiger partial charge is 0.337 e. The number of furan rings is 1. The van der Waals surface area contributed by atoms with Crippen molar-refractivity contribution >= 4 is 22.7 Å². The van der Waals surface area contributed by atoms with Gasteiger partial charge in [0.1, 0.15) is 11.3 Å². The van der Waals surface area contributed by atoms with Crippen LogP contribution in [0.1, 0.15) is 33.4 Å². The summed E-state index contributed by atoms with van der Waals surface area (Å²) in [5.74, 6) is 0.0537. The number of carbonyl (C=O) groups excluding carboxylic acids is 2. The molecule has 0 aliphatic carbocycles. The molecule has 2 rings (SSSR count). The fourth-order valence-corrected chi connectivity index (χ4v) is 1.90. The van der Waals surface area contributed by atoms with E-state index >= 15 is 0 Å². The lowest BCUT2D eigenvalue weighted by Crippen LogP contribution is -2.01. The molecule has 0 saturated heterocycles. The van der Waals surface area contributed by atoms with Crippen molar-refractivity contribution in [2.75, 3.05) is 7.11 Å². The Morgan fingerprint density at radius 1 is 1.29 bits per heavy atom. The largest absolute Gasteiger partial charge is 0.465 e. The number of ketones is 1. The first kappa shape index (κ1) is 11.4. The molecular formula is C13H12O4. The third kappa shape index (κ3) is 1.82. The van der Waals surface area contributed by atoms with Crippen LogP contribution in [0.25, 0.3) is 11.0 Å². The summed E-state index contributed by atoms with van der Waals surface area (Å²) in [7, 11) is 1.32. The number of benzene rings is 1. The Morgan fingerprint density at radius 3 is 2.59 bits per heavy atom. The second-order valence-corrected chi connectivity index (χ2v) is 3.79. The standard InChI is InChI=1S/C13H12O4/c1-7(14)12-8(2)17-11-5-4-9(6-10(11)12)13(15)16-3/h4-6H,1-3H3. The monoisotopic (exact) mass is 232 g/mol. The first-order chi connectivity index (χ1) is 8.04. The zero-order valence-corrected chi connectivity index (χ0v) is 9.87. The molecule has 0 spiro atoms. The number of fused-ring (bicyclic) bond motifs is 1. The SMILES string of the molecule is COC(=O)c1ccc2oc(C)c(C(C)=O)c2c1. The molecule has 2 aromatic rings. The van der Waals surface area contributed by atoms with E-state index in [-0.39, 0.29) is 5.78 Å². The molecule has 17 heavy (non-hydrogen) atoms. The van der Waals surface area contributed by atoms with Gasteiger partial charge in [-0.2, -0.15) is 0 Å². The maximum atomic E-state index is 11.5. The van der Waals surface area contributed by atoms with Crippen molar-refractivity contribution in [3.8, 4) is 0 Å². The predicted molar refractivity (Wildman–Crippen MR) is 62.3 cm³/mol. The maximum absolute atomic E-state index is 11.5. The second kappa shape index (κ2) is 4.05. The van der Waals surface area contributed by atoms with Crippen molar-refractivity contribution in [2.45, 2.75) is 13.8 Å². The third-order valence-electron chi connectivity index (χ3n) is 2.64. The van der Waals surface area contributed by atoms with Crippen molar-refractivity contribution < 1.29 is 18.7 Å². The first-order valence-electron chi connectivity index (χ1n) is 5.17. The van der Waals surface area contributed by atoms with E-state index < -0.39 is 5.97 Å². The molecule has 0 aliphatic heterocycles. The Kier molecular flexibility index (Phi) is 2.71. The molecule has 0 saturated carbocycles. The van der Waals surface area contributed by atoms with E-state index in [4.69, 9.17) is 4.42 Å². The molecule has 0 aliphatic rings.